The Hall–Kier alpha value is -1.36. The largest absolute Gasteiger partial charge is 0.379 e. The molecular weight excluding hydrogens is 348 g/mol. The second-order valence-electron chi connectivity index (χ2n) is 7.73. The van der Waals surface area contributed by atoms with Crippen molar-refractivity contribution in [3.63, 3.8) is 0 Å². The van der Waals surface area contributed by atoms with Gasteiger partial charge in [0.2, 0.25) is 0 Å². The quantitative estimate of drug-likeness (QED) is 0.716. The first-order chi connectivity index (χ1) is 12.7. The van der Waals surface area contributed by atoms with Gasteiger partial charge in [0.15, 0.2) is 0 Å². The van der Waals surface area contributed by atoms with E-state index >= 15 is 0 Å². The lowest BCUT2D eigenvalue weighted by atomic mass is 9.93. The molecule has 0 N–H and O–H groups in total. The Labute approximate surface area is 160 Å². The number of allylic oxidation sites excluding steroid dienone is 2. The molecule has 140 valence electrons. The number of rotatable bonds is 6. The Morgan fingerprint density at radius 2 is 2.00 bits per heavy atom. The number of morpholine rings is 1. The predicted octanol–water partition coefficient (Wildman–Crippen LogP) is 3.33. The molecule has 1 aliphatic heterocycles. The molecule has 1 aromatic rings. The number of amides is 1. The molecule has 3 unspecified atom stereocenters. The van der Waals surface area contributed by atoms with Crippen LogP contribution in [0, 0.1) is 17.8 Å². The number of hydrogen-bond acceptors (Lipinski definition) is 3. The van der Waals surface area contributed by atoms with Crippen molar-refractivity contribution in [1.82, 2.24) is 9.80 Å². The summed E-state index contributed by atoms with van der Waals surface area (Å²) in [4.78, 5) is 17.6. The zero-order chi connectivity index (χ0) is 17.9. The van der Waals surface area contributed by atoms with E-state index in [4.69, 9.17) is 16.3 Å². The van der Waals surface area contributed by atoms with E-state index in [1.54, 1.807) is 6.07 Å². The number of carbonyl (C=O) groups excluding carboxylic acids is 1. The van der Waals surface area contributed by atoms with Crippen LogP contribution in [0.2, 0.25) is 5.02 Å². The first-order valence-corrected chi connectivity index (χ1v) is 10.1. The molecule has 0 aromatic heterocycles. The highest BCUT2D eigenvalue weighted by Crippen LogP contribution is 2.43. The average molecular weight is 375 g/mol. The fourth-order valence-corrected chi connectivity index (χ4v) is 4.77. The molecule has 2 fully saturated rings. The molecule has 4 rings (SSSR count). The fraction of sp³-hybridized carbons (Fsp3) is 0.571. The van der Waals surface area contributed by atoms with E-state index in [1.165, 1.54) is 12.8 Å². The Morgan fingerprint density at radius 3 is 2.69 bits per heavy atom. The third kappa shape index (κ3) is 3.98. The van der Waals surface area contributed by atoms with Crippen molar-refractivity contribution in [2.24, 2.45) is 17.8 Å². The van der Waals surface area contributed by atoms with E-state index < -0.39 is 0 Å². The zero-order valence-electron chi connectivity index (χ0n) is 15.1. The van der Waals surface area contributed by atoms with E-state index in [9.17, 15) is 4.79 Å². The van der Waals surface area contributed by atoms with Gasteiger partial charge in [-0.15, -0.1) is 0 Å². The molecule has 3 aliphatic rings. The van der Waals surface area contributed by atoms with Crippen molar-refractivity contribution >= 4 is 17.5 Å². The minimum absolute atomic E-state index is 0.0654. The minimum Gasteiger partial charge on any atom is -0.379 e. The third-order valence-corrected chi connectivity index (χ3v) is 6.38. The number of hydrogen-bond donors (Lipinski definition) is 0. The minimum atomic E-state index is 0.0654. The number of carbonyl (C=O) groups is 1. The number of fused-ring (bicyclic) bond motifs is 2. The van der Waals surface area contributed by atoms with Gasteiger partial charge in [-0.2, -0.15) is 0 Å². The molecule has 3 atom stereocenters. The molecule has 2 aliphatic carbocycles. The fourth-order valence-electron chi connectivity index (χ4n) is 4.56. The maximum absolute atomic E-state index is 13.2. The highest BCUT2D eigenvalue weighted by Gasteiger charge is 2.37. The predicted molar refractivity (Wildman–Crippen MR) is 103 cm³/mol. The smallest absolute Gasteiger partial charge is 0.255 e. The molecule has 1 saturated carbocycles. The van der Waals surface area contributed by atoms with Gasteiger partial charge >= 0.3 is 0 Å². The van der Waals surface area contributed by atoms with Crippen molar-refractivity contribution in [3.8, 4) is 0 Å². The number of benzene rings is 1. The van der Waals surface area contributed by atoms with Crippen LogP contribution in [-0.2, 0) is 4.74 Å². The van der Waals surface area contributed by atoms with Crippen molar-refractivity contribution in [2.45, 2.75) is 12.8 Å². The SMILES string of the molecule is O=C(c1ccccc1Cl)N(CCN1CCOCC1)CC1CC2C=CC1C2. The number of nitrogens with zero attached hydrogens (tertiary/aromatic N) is 2. The Balaban J connectivity index is 1.45. The molecule has 2 bridgehead atoms. The van der Waals surface area contributed by atoms with E-state index in [0.29, 0.717) is 22.4 Å². The van der Waals surface area contributed by atoms with Crippen LogP contribution in [-0.4, -0.2) is 61.6 Å². The van der Waals surface area contributed by atoms with Crippen LogP contribution in [0.25, 0.3) is 0 Å². The van der Waals surface area contributed by atoms with E-state index in [1.807, 2.05) is 23.1 Å². The number of ether oxygens (including phenoxy) is 1. The van der Waals surface area contributed by atoms with Crippen LogP contribution in [0.1, 0.15) is 23.2 Å². The second kappa shape index (κ2) is 8.12. The summed E-state index contributed by atoms with van der Waals surface area (Å²) in [6.07, 6.45) is 7.20. The average Bonchev–Trinajstić information content (AvgIpc) is 3.29. The lowest BCUT2D eigenvalue weighted by molar-refractivity contribution is 0.0313. The first kappa shape index (κ1) is 18.0. The van der Waals surface area contributed by atoms with Crippen LogP contribution in [0.4, 0.5) is 0 Å². The van der Waals surface area contributed by atoms with Crippen molar-refractivity contribution in [3.05, 3.63) is 47.0 Å². The maximum Gasteiger partial charge on any atom is 0.255 e. The molecule has 1 saturated heterocycles. The summed E-state index contributed by atoms with van der Waals surface area (Å²) < 4.78 is 5.43. The molecule has 26 heavy (non-hydrogen) atoms. The molecule has 0 spiro atoms. The van der Waals surface area contributed by atoms with Crippen LogP contribution in [0.3, 0.4) is 0 Å². The zero-order valence-corrected chi connectivity index (χ0v) is 15.9. The molecule has 1 aromatic carbocycles. The molecule has 5 heteroatoms. The summed E-state index contributed by atoms with van der Waals surface area (Å²) in [6.45, 7) is 5.96. The van der Waals surface area contributed by atoms with Crippen LogP contribution in [0.15, 0.2) is 36.4 Å². The highest BCUT2D eigenvalue weighted by atomic mass is 35.5. The van der Waals surface area contributed by atoms with Crippen molar-refractivity contribution < 1.29 is 9.53 Å². The lowest BCUT2D eigenvalue weighted by Crippen LogP contribution is -2.44. The van der Waals surface area contributed by atoms with E-state index in [-0.39, 0.29) is 5.91 Å². The molecule has 1 amide bonds. The monoisotopic (exact) mass is 374 g/mol. The van der Waals surface area contributed by atoms with Crippen molar-refractivity contribution in [1.29, 1.82) is 0 Å². The normalized spacial score (nSPS) is 27.8. The number of halogens is 1. The summed E-state index contributed by atoms with van der Waals surface area (Å²) in [7, 11) is 0. The molecule has 1 heterocycles. The van der Waals surface area contributed by atoms with Crippen LogP contribution >= 0.6 is 11.6 Å². The van der Waals surface area contributed by atoms with E-state index in [2.05, 4.69) is 17.1 Å². The first-order valence-electron chi connectivity index (χ1n) is 9.73. The summed E-state index contributed by atoms with van der Waals surface area (Å²) in [5, 5.41) is 0.543. The highest BCUT2D eigenvalue weighted by molar-refractivity contribution is 6.33. The van der Waals surface area contributed by atoms with E-state index in [0.717, 1.165) is 51.9 Å². The van der Waals surface area contributed by atoms with Crippen LogP contribution in [0.5, 0.6) is 0 Å². The van der Waals surface area contributed by atoms with Crippen molar-refractivity contribution in [2.75, 3.05) is 45.9 Å². The Morgan fingerprint density at radius 1 is 1.19 bits per heavy atom. The van der Waals surface area contributed by atoms with Gasteiger partial charge in [-0.1, -0.05) is 35.9 Å². The lowest BCUT2D eigenvalue weighted by Gasteiger charge is -2.32. The van der Waals surface area contributed by atoms with Gasteiger partial charge in [-0.25, -0.2) is 0 Å². The summed E-state index contributed by atoms with van der Waals surface area (Å²) >= 11 is 6.31. The summed E-state index contributed by atoms with van der Waals surface area (Å²) in [5.41, 5.74) is 0.620. The standard InChI is InChI=1S/C21H27ClN2O2/c22-20-4-2-1-3-19(20)21(25)24(8-7-23-9-11-26-12-10-23)15-18-14-16-5-6-17(18)13-16/h1-6,16-18H,7-15H2. The second-order valence-corrected chi connectivity index (χ2v) is 8.13. The van der Waals surface area contributed by atoms with Crippen LogP contribution < -0.4 is 0 Å². The van der Waals surface area contributed by atoms with Gasteiger partial charge in [-0.3, -0.25) is 9.69 Å². The van der Waals surface area contributed by atoms with Gasteiger partial charge in [0.25, 0.3) is 5.91 Å². The van der Waals surface area contributed by atoms with Gasteiger partial charge in [0.1, 0.15) is 0 Å². The van der Waals surface area contributed by atoms with Gasteiger partial charge in [0, 0.05) is 32.7 Å². The summed E-state index contributed by atoms with van der Waals surface area (Å²) in [6, 6.07) is 7.40. The third-order valence-electron chi connectivity index (χ3n) is 6.05. The summed E-state index contributed by atoms with van der Waals surface area (Å²) in [5.74, 6) is 2.02. The van der Waals surface area contributed by atoms with Gasteiger partial charge in [0.05, 0.1) is 23.8 Å². The molecular formula is C21H27ClN2O2. The maximum atomic E-state index is 13.2. The van der Waals surface area contributed by atoms with Gasteiger partial charge in [-0.05, 0) is 42.7 Å². The molecule has 0 radical (unpaired) electrons. The Kier molecular flexibility index (Phi) is 5.63. The van der Waals surface area contributed by atoms with Gasteiger partial charge < -0.3 is 9.64 Å². The molecule has 4 nitrogen and oxygen atoms in total. The Bertz CT molecular complexity index is 672. The topological polar surface area (TPSA) is 32.8 Å².